The molecule has 2 N–H and O–H groups in total. The number of para-hydroxylation sites is 2. The van der Waals surface area contributed by atoms with Crippen LogP contribution in [0.3, 0.4) is 0 Å². The van der Waals surface area contributed by atoms with Crippen LogP contribution in [-0.2, 0) is 4.79 Å². The van der Waals surface area contributed by atoms with Gasteiger partial charge in [-0.3, -0.25) is 4.79 Å². The molecule has 8 heteroatoms. The number of carbonyl (C=O) groups excluding carboxylic acids is 1. The van der Waals surface area contributed by atoms with Crippen LogP contribution in [-0.4, -0.2) is 29.6 Å². The Labute approximate surface area is 179 Å². The van der Waals surface area contributed by atoms with Crippen LogP contribution in [0.1, 0.15) is 0 Å². The number of amides is 1. The second-order valence-corrected chi connectivity index (χ2v) is 6.17. The zero-order valence-corrected chi connectivity index (χ0v) is 16.9. The topological polar surface area (TPSA) is 85.5 Å². The van der Waals surface area contributed by atoms with Crippen LogP contribution < -0.4 is 19.5 Å². The van der Waals surface area contributed by atoms with Gasteiger partial charge in [0, 0.05) is 23.2 Å². The molecule has 0 saturated carbocycles. The van der Waals surface area contributed by atoms with Crippen molar-refractivity contribution in [2.45, 2.75) is 0 Å². The van der Waals surface area contributed by atoms with E-state index in [0.717, 1.165) is 10.9 Å². The molecule has 0 unspecified atom stereocenters. The first-order valence-electron chi connectivity index (χ1n) is 8.98. The molecule has 0 atom stereocenters. The van der Waals surface area contributed by atoms with Gasteiger partial charge in [0.2, 0.25) is 5.88 Å². The molecule has 4 rings (SSSR count). The molecule has 2 aromatic heterocycles. The summed E-state index contributed by atoms with van der Waals surface area (Å²) >= 11 is 0. The summed E-state index contributed by atoms with van der Waals surface area (Å²) in [5, 5.41) is 3.71. The smallest absolute Gasteiger partial charge is 0.262 e. The van der Waals surface area contributed by atoms with Crippen LogP contribution in [0.25, 0.3) is 10.9 Å². The normalized spacial score (nSPS) is 10.2. The summed E-state index contributed by atoms with van der Waals surface area (Å²) in [6.45, 7) is -0.145. The zero-order chi connectivity index (χ0) is 20.1. The van der Waals surface area contributed by atoms with Crippen LogP contribution >= 0.6 is 12.4 Å². The number of hydrogen-bond acceptors (Lipinski definition) is 5. The highest BCUT2D eigenvalue weighted by Gasteiger charge is 2.09. The molecule has 0 spiro atoms. The number of fused-ring (bicyclic) bond motifs is 1. The summed E-state index contributed by atoms with van der Waals surface area (Å²) in [6, 6.07) is 18.3. The van der Waals surface area contributed by atoms with E-state index in [0.29, 0.717) is 28.8 Å². The predicted octanol–water partition coefficient (Wildman–Crippen LogP) is 4.80. The number of aromatic amines is 1. The van der Waals surface area contributed by atoms with Crippen molar-refractivity contribution in [1.82, 2.24) is 9.97 Å². The quantitative estimate of drug-likeness (QED) is 0.444. The fourth-order valence-electron chi connectivity index (χ4n) is 2.85. The standard InChI is InChI=1S/C22H19N3O4.ClH/c1-27-19-6-2-3-7-20(19)28-14-21(26)25-15-9-10-22(24-13-15)29-18-8-4-5-17-16(18)11-12-23-17;/h2-13,23H,14H2,1H3,(H,25,26);1H. The van der Waals surface area contributed by atoms with Crippen LogP contribution in [0, 0.1) is 0 Å². The second-order valence-electron chi connectivity index (χ2n) is 6.17. The van der Waals surface area contributed by atoms with E-state index >= 15 is 0 Å². The molecule has 0 saturated heterocycles. The van der Waals surface area contributed by atoms with E-state index in [1.165, 1.54) is 6.20 Å². The molecule has 30 heavy (non-hydrogen) atoms. The minimum atomic E-state index is -0.302. The number of carbonyl (C=O) groups is 1. The molecule has 0 fully saturated rings. The van der Waals surface area contributed by atoms with E-state index in [4.69, 9.17) is 14.2 Å². The number of benzene rings is 2. The van der Waals surface area contributed by atoms with Gasteiger partial charge in [-0.15, -0.1) is 12.4 Å². The Bertz CT molecular complexity index is 1130. The molecule has 7 nitrogen and oxygen atoms in total. The van der Waals surface area contributed by atoms with Gasteiger partial charge >= 0.3 is 0 Å². The average molecular weight is 426 g/mol. The third-order valence-electron chi connectivity index (χ3n) is 4.22. The van der Waals surface area contributed by atoms with E-state index in [9.17, 15) is 4.79 Å². The van der Waals surface area contributed by atoms with Crippen molar-refractivity contribution in [1.29, 1.82) is 0 Å². The molecule has 154 valence electrons. The van der Waals surface area contributed by atoms with Crippen LogP contribution in [0.2, 0.25) is 0 Å². The number of hydrogen-bond donors (Lipinski definition) is 2. The highest BCUT2D eigenvalue weighted by molar-refractivity contribution is 5.91. The van der Waals surface area contributed by atoms with Crippen molar-refractivity contribution in [2.75, 3.05) is 19.0 Å². The first-order valence-corrected chi connectivity index (χ1v) is 8.98. The predicted molar refractivity (Wildman–Crippen MR) is 117 cm³/mol. The van der Waals surface area contributed by atoms with Gasteiger partial charge in [0.25, 0.3) is 5.91 Å². The Morgan fingerprint density at radius 2 is 1.80 bits per heavy atom. The van der Waals surface area contributed by atoms with Crippen molar-refractivity contribution >= 4 is 34.9 Å². The van der Waals surface area contributed by atoms with E-state index in [1.807, 2.05) is 42.6 Å². The SMILES string of the molecule is COc1ccccc1OCC(=O)Nc1ccc(Oc2cccc3[nH]ccc23)nc1.Cl. The molecule has 0 aliphatic rings. The Morgan fingerprint density at radius 1 is 1.00 bits per heavy atom. The molecule has 4 aromatic rings. The maximum absolute atomic E-state index is 12.1. The van der Waals surface area contributed by atoms with Gasteiger partial charge in [-0.2, -0.15) is 0 Å². The van der Waals surface area contributed by atoms with Gasteiger partial charge < -0.3 is 24.5 Å². The second kappa shape index (κ2) is 9.67. The number of methoxy groups -OCH3 is 1. The van der Waals surface area contributed by atoms with Gasteiger partial charge in [-0.25, -0.2) is 4.98 Å². The Morgan fingerprint density at radius 3 is 2.57 bits per heavy atom. The number of ether oxygens (including phenoxy) is 3. The molecule has 1 amide bonds. The fraction of sp³-hybridized carbons (Fsp3) is 0.0909. The number of halogens is 1. The van der Waals surface area contributed by atoms with Gasteiger partial charge in [-0.1, -0.05) is 18.2 Å². The van der Waals surface area contributed by atoms with E-state index in [1.54, 1.807) is 31.4 Å². The molecular formula is C22H20ClN3O4. The van der Waals surface area contributed by atoms with E-state index in [2.05, 4.69) is 15.3 Å². The van der Waals surface area contributed by atoms with Gasteiger partial charge in [0.05, 0.1) is 19.0 Å². The Balaban J connectivity index is 0.00000256. The Hall–Kier alpha value is -3.71. The number of aromatic nitrogens is 2. The number of rotatable bonds is 7. The zero-order valence-electron chi connectivity index (χ0n) is 16.1. The number of H-pyrrole nitrogens is 1. The lowest BCUT2D eigenvalue weighted by atomic mass is 10.2. The van der Waals surface area contributed by atoms with Crippen molar-refractivity contribution in [3.05, 3.63) is 73.1 Å². The van der Waals surface area contributed by atoms with Crippen LogP contribution in [0.4, 0.5) is 5.69 Å². The fourth-order valence-corrected chi connectivity index (χ4v) is 2.85. The minimum Gasteiger partial charge on any atom is -0.493 e. The molecule has 0 bridgehead atoms. The third kappa shape index (κ3) is 4.82. The summed E-state index contributed by atoms with van der Waals surface area (Å²) in [6.07, 6.45) is 3.39. The van der Waals surface area contributed by atoms with E-state index < -0.39 is 0 Å². The number of nitrogens with one attached hydrogen (secondary N) is 2. The summed E-state index contributed by atoms with van der Waals surface area (Å²) in [5.74, 6) is 1.91. The molecule has 0 aliphatic carbocycles. The van der Waals surface area contributed by atoms with Crippen molar-refractivity contribution in [3.8, 4) is 23.1 Å². The highest BCUT2D eigenvalue weighted by atomic mass is 35.5. The van der Waals surface area contributed by atoms with Gasteiger partial charge in [-0.05, 0) is 36.4 Å². The van der Waals surface area contributed by atoms with Crippen molar-refractivity contribution in [2.24, 2.45) is 0 Å². The van der Waals surface area contributed by atoms with Gasteiger partial charge in [0.1, 0.15) is 5.75 Å². The molecular weight excluding hydrogens is 406 g/mol. The average Bonchev–Trinajstić information content (AvgIpc) is 3.24. The van der Waals surface area contributed by atoms with Crippen LogP contribution in [0.15, 0.2) is 73.1 Å². The lowest BCUT2D eigenvalue weighted by Crippen LogP contribution is -2.20. The maximum Gasteiger partial charge on any atom is 0.262 e. The first-order chi connectivity index (χ1) is 14.2. The summed E-state index contributed by atoms with van der Waals surface area (Å²) in [7, 11) is 1.55. The molecule has 0 radical (unpaired) electrons. The number of nitrogens with zero attached hydrogens (tertiary/aromatic N) is 1. The molecule has 2 aromatic carbocycles. The summed E-state index contributed by atoms with van der Waals surface area (Å²) in [4.78, 5) is 19.5. The number of pyridine rings is 1. The summed E-state index contributed by atoms with van der Waals surface area (Å²) in [5.41, 5.74) is 1.53. The minimum absolute atomic E-state index is 0. The van der Waals surface area contributed by atoms with Crippen molar-refractivity contribution in [3.63, 3.8) is 0 Å². The van der Waals surface area contributed by atoms with E-state index in [-0.39, 0.29) is 24.9 Å². The number of anilines is 1. The van der Waals surface area contributed by atoms with Crippen molar-refractivity contribution < 1.29 is 19.0 Å². The highest BCUT2D eigenvalue weighted by Crippen LogP contribution is 2.29. The lowest BCUT2D eigenvalue weighted by molar-refractivity contribution is -0.118. The first kappa shape index (κ1) is 21.0. The molecule has 2 heterocycles. The third-order valence-corrected chi connectivity index (χ3v) is 4.22. The van der Waals surface area contributed by atoms with Gasteiger partial charge in [0.15, 0.2) is 18.1 Å². The Kier molecular flexibility index (Phi) is 6.77. The molecule has 0 aliphatic heterocycles. The summed E-state index contributed by atoms with van der Waals surface area (Å²) < 4.78 is 16.6. The monoisotopic (exact) mass is 425 g/mol. The van der Waals surface area contributed by atoms with Crippen LogP contribution in [0.5, 0.6) is 23.1 Å². The largest absolute Gasteiger partial charge is 0.493 e. The maximum atomic E-state index is 12.1. The lowest BCUT2D eigenvalue weighted by Gasteiger charge is -2.11.